The fraction of sp³-hybridized carbons (Fsp3) is 0.538. The molecule has 0 amide bonds. The quantitative estimate of drug-likeness (QED) is 0.400. The van der Waals surface area contributed by atoms with E-state index in [2.05, 4.69) is 103 Å². The third kappa shape index (κ3) is 6.54. The van der Waals surface area contributed by atoms with E-state index in [1.807, 2.05) is 6.07 Å². The second-order valence-electron chi connectivity index (χ2n) is 9.92. The molecular formula is C26H40NO2P. The highest BCUT2D eigenvalue weighted by molar-refractivity contribution is 7.45. The Morgan fingerprint density at radius 3 is 1.77 bits per heavy atom. The molecule has 0 aliphatic rings. The summed E-state index contributed by atoms with van der Waals surface area (Å²) in [5.41, 5.74) is 4.88. The molecule has 4 heteroatoms. The molecule has 0 radical (unpaired) electrons. The monoisotopic (exact) mass is 429 g/mol. The summed E-state index contributed by atoms with van der Waals surface area (Å²) in [4.78, 5) is 0. The molecule has 0 heterocycles. The van der Waals surface area contributed by atoms with Gasteiger partial charge in [-0.2, -0.15) is 0 Å². The third-order valence-electron chi connectivity index (χ3n) is 5.16. The minimum atomic E-state index is -1.23. The van der Waals surface area contributed by atoms with Crippen molar-refractivity contribution in [3.05, 3.63) is 64.7 Å². The zero-order chi connectivity index (χ0) is 22.5. The van der Waals surface area contributed by atoms with Crippen molar-refractivity contribution in [2.45, 2.75) is 79.8 Å². The number of rotatable bonds is 8. The second kappa shape index (κ2) is 10.3. The lowest BCUT2D eigenvalue weighted by Gasteiger charge is -2.34. The Balaban J connectivity index is 2.49. The molecule has 0 spiro atoms. The van der Waals surface area contributed by atoms with Crippen LogP contribution in [0.25, 0.3) is 0 Å². The van der Waals surface area contributed by atoms with Gasteiger partial charge in [-0.25, -0.2) is 4.67 Å². The van der Waals surface area contributed by atoms with Gasteiger partial charge < -0.3 is 9.05 Å². The van der Waals surface area contributed by atoms with E-state index in [4.69, 9.17) is 9.05 Å². The number of hydrogen-bond acceptors (Lipinski definition) is 3. The van der Waals surface area contributed by atoms with Gasteiger partial charge in [0, 0.05) is 24.2 Å². The molecule has 0 fully saturated rings. The normalized spacial score (nSPS) is 13.5. The minimum Gasteiger partial charge on any atom is -0.435 e. The van der Waals surface area contributed by atoms with Gasteiger partial charge in [-0.15, -0.1) is 0 Å². The van der Waals surface area contributed by atoms with Gasteiger partial charge in [0.05, 0.1) is 6.61 Å². The van der Waals surface area contributed by atoms with Crippen LogP contribution in [-0.2, 0) is 22.0 Å². The molecule has 3 nitrogen and oxygen atoms in total. The summed E-state index contributed by atoms with van der Waals surface area (Å²) < 4.78 is 15.5. The van der Waals surface area contributed by atoms with Gasteiger partial charge in [0.1, 0.15) is 5.75 Å². The molecule has 2 aromatic carbocycles. The van der Waals surface area contributed by atoms with Gasteiger partial charge in [-0.1, -0.05) is 103 Å². The molecule has 2 aromatic rings. The lowest BCUT2D eigenvalue weighted by Crippen LogP contribution is -2.24. The summed E-state index contributed by atoms with van der Waals surface area (Å²) in [7, 11) is -1.23. The molecular weight excluding hydrogens is 389 g/mol. The fourth-order valence-electron chi connectivity index (χ4n) is 3.39. The van der Waals surface area contributed by atoms with Gasteiger partial charge in [0.2, 0.25) is 0 Å². The summed E-state index contributed by atoms with van der Waals surface area (Å²) in [5.74, 6) is 0.992. The van der Waals surface area contributed by atoms with Crippen LogP contribution in [0.1, 0.15) is 77.6 Å². The first kappa shape index (κ1) is 24.9. The van der Waals surface area contributed by atoms with Gasteiger partial charge in [-0.3, -0.25) is 0 Å². The van der Waals surface area contributed by atoms with Crippen LogP contribution >= 0.6 is 8.53 Å². The average Bonchev–Trinajstić information content (AvgIpc) is 2.66. The Morgan fingerprint density at radius 1 is 0.833 bits per heavy atom. The Hall–Kier alpha value is -1.41. The standard InChI is InChI=1S/C26H40NO2P/c1-10-27(11-2)30(28-19-21-15-13-12-14-16-21)29-24-22(25(4,5)6)17-20(3)18-23(24)26(7,8)9/h12-18H,10-11,19H2,1-9H3. The minimum absolute atomic E-state index is 0.0228. The summed E-state index contributed by atoms with van der Waals surface area (Å²) in [6.45, 7) is 22.4. The lowest BCUT2D eigenvalue weighted by atomic mass is 9.78. The zero-order valence-electron chi connectivity index (χ0n) is 20.4. The van der Waals surface area contributed by atoms with E-state index in [1.165, 1.54) is 16.7 Å². The van der Waals surface area contributed by atoms with Gasteiger partial charge in [0.15, 0.2) is 0 Å². The molecule has 0 bridgehead atoms. The molecule has 1 unspecified atom stereocenters. The highest BCUT2D eigenvalue weighted by Gasteiger charge is 2.31. The van der Waals surface area contributed by atoms with Crippen LogP contribution in [0.15, 0.2) is 42.5 Å². The Morgan fingerprint density at radius 2 is 1.33 bits per heavy atom. The first-order chi connectivity index (χ1) is 14.0. The van der Waals surface area contributed by atoms with Crippen LogP contribution in [0.2, 0.25) is 0 Å². The van der Waals surface area contributed by atoms with Crippen molar-refractivity contribution < 1.29 is 9.05 Å². The van der Waals surface area contributed by atoms with Crippen LogP contribution in [0.5, 0.6) is 5.75 Å². The first-order valence-electron chi connectivity index (χ1n) is 11.0. The largest absolute Gasteiger partial charge is 0.435 e. The van der Waals surface area contributed by atoms with Crippen LogP contribution in [-0.4, -0.2) is 17.8 Å². The Bertz CT molecular complexity index is 767. The average molecular weight is 430 g/mol. The van der Waals surface area contributed by atoms with E-state index in [0.717, 1.165) is 24.4 Å². The van der Waals surface area contributed by atoms with Crippen molar-refractivity contribution in [1.82, 2.24) is 4.67 Å². The van der Waals surface area contributed by atoms with Crippen molar-refractivity contribution in [1.29, 1.82) is 0 Å². The highest BCUT2D eigenvalue weighted by Crippen LogP contribution is 2.50. The molecule has 1 atom stereocenters. The predicted molar refractivity (Wildman–Crippen MR) is 130 cm³/mol. The molecule has 0 aliphatic carbocycles. The highest BCUT2D eigenvalue weighted by atomic mass is 31.2. The fourth-order valence-corrected chi connectivity index (χ4v) is 4.79. The molecule has 0 aliphatic heterocycles. The van der Waals surface area contributed by atoms with E-state index in [1.54, 1.807) is 0 Å². The molecule has 0 N–H and O–H groups in total. The summed E-state index contributed by atoms with van der Waals surface area (Å²) >= 11 is 0. The van der Waals surface area contributed by atoms with E-state index >= 15 is 0 Å². The van der Waals surface area contributed by atoms with Crippen molar-refractivity contribution in [2.75, 3.05) is 13.1 Å². The van der Waals surface area contributed by atoms with E-state index < -0.39 is 8.53 Å². The first-order valence-corrected chi connectivity index (χ1v) is 12.2. The van der Waals surface area contributed by atoms with Crippen molar-refractivity contribution >= 4 is 8.53 Å². The van der Waals surface area contributed by atoms with Gasteiger partial charge >= 0.3 is 8.53 Å². The SMILES string of the molecule is CCN(CC)P(OCc1ccccc1)Oc1c(C(C)(C)C)cc(C)cc1C(C)(C)C. The van der Waals surface area contributed by atoms with Crippen molar-refractivity contribution in [2.24, 2.45) is 0 Å². The molecule has 0 aromatic heterocycles. The maximum atomic E-state index is 6.82. The van der Waals surface area contributed by atoms with Crippen LogP contribution in [0, 0.1) is 6.92 Å². The van der Waals surface area contributed by atoms with Crippen LogP contribution < -0.4 is 4.52 Å². The topological polar surface area (TPSA) is 21.7 Å². The summed E-state index contributed by atoms with van der Waals surface area (Å²) in [6, 6.07) is 14.9. The smallest absolute Gasteiger partial charge is 0.321 e. The number of nitrogens with zero attached hydrogens (tertiary/aromatic N) is 1. The van der Waals surface area contributed by atoms with E-state index in [-0.39, 0.29) is 10.8 Å². The Kier molecular flexibility index (Phi) is 8.51. The van der Waals surface area contributed by atoms with Crippen LogP contribution in [0.3, 0.4) is 0 Å². The summed E-state index contributed by atoms with van der Waals surface area (Å²) in [6.07, 6.45) is 0. The second-order valence-corrected chi connectivity index (χ2v) is 11.4. The molecule has 0 saturated carbocycles. The molecule has 2 rings (SSSR count). The lowest BCUT2D eigenvalue weighted by molar-refractivity contribution is 0.254. The maximum absolute atomic E-state index is 6.82. The van der Waals surface area contributed by atoms with Crippen molar-refractivity contribution in [3.8, 4) is 5.75 Å². The number of aryl methyl sites for hydroxylation is 1. The van der Waals surface area contributed by atoms with E-state index in [9.17, 15) is 0 Å². The zero-order valence-corrected chi connectivity index (χ0v) is 21.3. The van der Waals surface area contributed by atoms with Crippen molar-refractivity contribution in [3.63, 3.8) is 0 Å². The molecule has 166 valence electrons. The summed E-state index contributed by atoms with van der Waals surface area (Å²) in [5, 5.41) is 0. The van der Waals surface area contributed by atoms with Gasteiger partial charge in [0.25, 0.3) is 0 Å². The molecule has 30 heavy (non-hydrogen) atoms. The van der Waals surface area contributed by atoms with E-state index in [0.29, 0.717) is 6.61 Å². The number of benzene rings is 2. The van der Waals surface area contributed by atoms with Gasteiger partial charge in [-0.05, 0) is 23.3 Å². The maximum Gasteiger partial charge on any atom is 0.321 e. The molecule has 0 saturated heterocycles. The predicted octanol–water partition coefficient (Wildman–Crippen LogP) is 7.75. The Labute approximate surface area is 185 Å². The van der Waals surface area contributed by atoms with Crippen LogP contribution in [0.4, 0.5) is 0 Å². The number of hydrogen-bond donors (Lipinski definition) is 0. The third-order valence-corrected chi connectivity index (χ3v) is 6.88.